The predicted octanol–water partition coefficient (Wildman–Crippen LogP) is 4.38. The summed E-state index contributed by atoms with van der Waals surface area (Å²) in [6.07, 6.45) is 1.14. The van der Waals surface area contributed by atoms with Gasteiger partial charge in [0.25, 0.3) is 5.91 Å². The van der Waals surface area contributed by atoms with Crippen LogP contribution in [-0.2, 0) is 4.79 Å². The highest BCUT2D eigenvalue weighted by Crippen LogP contribution is 2.21. The number of hydrogen-bond acceptors (Lipinski definition) is 7. The third-order valence-corrected chi connectivity index (χ3v) is 4.55. The van der Waals surface area contributed by atoms with Gasteiger partial charge < -0.3 is 9.15 Å². The minimum Gasteiger partial charge on any atom is -0.478 e. The first-order valence-electron chi connectivity index (χ1n) is 9.33. The first-order valence-corrected chi connectivity index (χ1v) is 9.70. The number of benzene rings is 2. The fraction of sp³-hybridized carbons (Fsp3) is 0.136. The van der Waals surface area contributed by atoms with Crippen molar-refractivity contribution < 1.29 is 23.7 Å². The molecule has 1 amide bonds. The Labute approximate surface area is 187 Å². The monoisotopic (exact) mass is 455 g/mol. The molecule has 3 rings (SSSR count). The SMILES string of the molecule is CC(C)(Oc1ccc(C(=O)c2ccc(Cl)cc2)cc1)C(=O)N/N=C/c1ccc([N+](=O)[O-])o1. The summed E-state index contributed by atoms with van der Waals surface area (Å²) in [5.74, 6) is -0.673. The summed E-state index contributed by atoms with van der Waals surface area (Å²) in [6.45, 7) is 3.09. The highest BCUT2D eigenvalue weighted by Gasteiger charge is 2.30. The van der Waals surface area contributed by atoms with E-state index >= 15 is 0 Å². The van der Waals surface area contributed by atoms with Crippen LogP contribution in [0.1, 0.15) is 35.5 Å². The molecule has 9 nitrogen and oxygen atoms in total. The number of hydrazone groups is 1. The molecular weight excluding hydrogens is 438 g/mol. The number of carbonyl (C=O) groups excluding carboxylic acids is 2. The summed E-state index contributed by atoms with van der Waals surface area (Å²) in [6, 6.07) is 15.5. The Balaban J connectivity index is 1.60. The molecule has 1 heterocycles. The smallest absolute Gasteiger partial charge is 0.433 e. The molecule has 0 bridgehead atoms. The molecule has 0 radical (unpaired) electrons. The highest BCUT2D eigenvalue weighted by atomic mass is 35.5. The standard InChI is InChI=1S/C22H18ClN3O6/c1-22(2,21(28)25-24-13-18-11-12-19(31-18)26(29)30)32-17-9-5-15(6-10-17)20(27)14-3-7-16(23)8-4-14/h3-13H,1-2H3,(H,25,28)/b24-13+. The molecule has 2 aromatic carbocycles. The molecular formula is C22H18ClN3O6. The normalized spacial score (nSPS) is 11.3. The Bertz CT molecular complexity index is 1170. The second-order valence-electron chi connectivity index (χ2n) is 7.11. The summed E-state index contributed by atoms with van der Waals surface area (Å²) >= 11 is 5.85. The van der Waals surface area contributed by atoms with Crippen LogP contribution in [0, 0.1) is 10.1 Å². The molecule has 10 heteroatoms. The Morgan fingerprint density at radius 3 is 2.22 bits per heavy atom. The van der Waals surface area contributed by atoms with Gasteiger partial charge in [-0.25, -0.2) is 5.43 Å². The summed E-state index contributed by atoms with van der Waals surface area (Å²) in [7, 11) is 0. The van der Waals surface area contributed by atoms with Crippen LogP contribution < -0.4 is 10.2 Å². The second-order valence-corrected chi connectivity index (χ2v) is 7.54. The third-order valence-electron chi connectivity index (χ3n) is 4.29. The first kappa shape index (κ1) is 22.7. The van der Waals surface area contributed by atoms with Gasteiger partial charge in [0.05, 0.1) is 12.3 Å². The third kappa shape index (κ3) is 5.58. The lowest BCUT2D eigenvalue weighted by Gasteiger charge is -2.24. The molecule has 32 heavy (non-hydrogen) atoms. The van der Waals surface area contributed by atoms with Crippen molar-refractivity contribution in [3.8, 4) is 5.75 Å². The molecule has 0 saturated carbocycles. The van der Waals surface area contributed by atoms with Crippen LogP contribution in [0.15, 0.2) is 70.2 Å². The number of hydrogen-bond donors (Lipinski definition) is 1. The van der Waals surface area contributed by atoms with Crippen LogP contribution in [0.2, 0.25) is 5.02 Å². The van der Waals surface area contributed by atoms with E-state index in [0.29, 0.717) is 21.9 Å². The number of nitrogens with one attached hydrogen (secondary N) is 1. The van der Waals surface area contributed by atoms with Crippen molar-refractivity contribution in [2.75, 3.05) is 0 Å². The molecule has 0 aliphatic rings. The van der Waals surface area contributed by atoms with E-state index in [1.54, 1.807) is 62.4 Å². The minimum atomic E-state index is -1.30. The van der Waals surface area contributed by atoms with Gasteiger partial charge in [-0.1, -0.05) is 11.6 Å². The fourth-order valence-electron chi connectivity index (χ4n) is 2.58. The Morgan fingerprint density at radius 2 is 1.66 bits per heavy atom. The van der Waals surface area contributed by atoms with E-state index in [1.165, 1.54) is 12.1 Å². The summed E-state index contributed by atoms with van der Waals surface area (Å²) < 4.78 is 10.6. The maximum atomic E-state index is 12.5. The molecule has 164 valence electrons. The van der Waals surface area contributed by atoms with Crippen LogP contribution in [0.25, 0.3) is 0 Å². The summed E-state index contributed by atoms with van der Waals surface area (Å²) in [4.78, 5) is 34.9. The zero-order valence-electron chi connectivity index (χ0n) is 17.1. The van der Waals surface area contributed by atoms with E-state index in [9.17, 15) is 19.7 Å². The van der Waals surface area contributed by atoms with Crippen LogP contribution in [0.4, 0.5) is 5.88 Å². The number of furan rings is 1. The largest absolute Gasteiger partial charge is 0.478 e. The lowest BCUT2D eigenvalue weighted by atomic mass is 10.0. The Kier molecular flexibility index (Phi) is 6.70. The number of rotatable bonds is 8. The van der Waals surface area contributed by atoms with Gasteiger partial charge in [-0.05, 0) is 68.4 Å². The molecule has 0 atom stereocenters. The van der Waals surface area contributed by atoms with Gasteiger partial charge in [-0.2, -0.15) is 5.10 Å². The lowest BCUT2D eigenvalue weighted by molar-refractivity contribution is -0.402. The first-order chi connectivity index (χ1) is 15.2. The number of ketones is 1. The Hall–Kier alpha value is -3.98. The van der Waals surface area contributed by atoms with Crippen LogP contribution in [0.5, 0.6) is 5.75 Å². The average Bonchev–Trinajstić information content (AvgIpc) is 3.23. The predicted molar refractivity (Wildman–Crippen MR) is 117 cm³/mol. The van der Waals surface area contributed by atoms with E-state index in [4.69, 9.17) is 20.8 Å². The zero-order chi connectivity index (χ0) is 23.3. The molecule has 0 unspecified atom stereocenters. The van der Waals surface area contributed by atoms with E-state index in [-0.39, 0.29) is 11.5 Å². The molecule has 3 aromatic rings. The number of halogens is 1. The maximum absolute atomic E-state index is 12.5. The van der Waals surface area contributed by atoms with Gasteiger partial charge in [0.1, 0.15) is 10.7 Å². The van der Waals surface area contributed by atoms with E-state index in [1.807, 2.05) is 0 Å². The van der Waals surface area contributed by atoms with Crippen LogP contribution >= 0.6 is 11.6 Å². The molecule has 1 aromatic heterocycles. The number of ether oxygens (including phenoxy) is 1. The number of nitro groups is 1. The fourth-order valence-corrected chi connectivity index (χ4v) is 2.71. The molecule has 0 fully saturated rings. The van der Waals surface area contributed by atoms with Crippen molar-refractivity contribution in [2.45, 2.75) is 19.4 Å². The Morgan fingerprint density at radius 1 is 1.06 bits per heavy atom. The maximum Gasteiger partial charge on any atom is 0.433 e. The van der Waals surface area contributed by atoms with Crippen LogP contribution in [-0.4, -0.2) is 28.4 Å². The quantitative estimate of drug-likeness (QED) is 0.232. The van der Waals surface area contributed by atoms with Crippen molar-refractivity contribution in [1.82, 2.24) is 5.43 Å². The van der Waals surface area contributed by atoms with Crippen molar-refractivity contribution in [3.63, 3.8) is 0 Å². The molecule has 0 aliphatic carbocycles. The average molecular weight is 456 g/mol. The molecule has 0 aliphatic heterocycles. The van der Waals surface area contributed by atoms with Gasteiger partial charge in [0.2, 0.25) is 0 Å². The highest BCUT2D eigenvalue weighted by molar-refractivity contribution is 6.30. The van der Waals surface area contributed by atoms with Gasteiger partial charge in [-0.3, -0.25) is 19.7 Å². The summed E-state index contributed by atoms with van der Waals surface area (Å²) in [5.41, 5.74) is 1.96. The molecule has 1 N–H and O–H groups in total. The van der Waals surface area contributed by atoms with Crippen molar-refractivity contribution in [1.29, 1.82) is 0 Å². The second kappa shape index (κ2) is 9.44. The van der Waals surface area contributed by atoms with Crippen LogP contribution in [0.3, 0.4) is 0 Å². The van der Waals surface area contributed by atoms with Crippen molar-refractivity contribution in [3.05, 3.63) is 92.7 Å². The topological polar surface area (TPSA) is 124 Å². The molecule has 0 saturated heterocycles. The summed E-state index contributed by atoms with van der Waals surface area (Å²) in [5, 5.41) is 14.9. The van der Waals surface area contributed by atoms with E-state index in [0.717, 1.165) is 6.21 Å². The lowest BCUT2D eigenvalue weighted by Crippen LogP contribution is -2.44. The number of nitrogens with zero attached hydrogens (tertiary/aromatic N) is 2. The number of carbonyl (C=O) groups is 2. The van der Waals surface area contributed by atoms with Crippen molar-refractivity contribution >= 4 is 35.4 Å². The minimum absolute atomic E-state index is 0.108. The zero-order valence-corrected chi connectivity index (χ0v) is 17.8. The van der Waals surface area contributed by atoms with Gasteiger partial charge in [0.15, 0.2) is 17.1 Å². The van der Waals surface area contributed by atoms with Gasteiger partial charge >= 0.3 is 5.88 Å². The number of amides is 1. The van der Waals surface area contributed by atoms with E-state index in [2.05, 4.69) is 10.5 Å². The molecule has 0 spiro atoms. The van der Waals surface area contributed by atoms with Gasteiger partial charge in [0, 0.05) is 16.1 Å². The van der Waals surface area contributed by atoms with E-state index < -0.39 is 22.3 Å². The van der Waals surface area contributed by atoms with Gasteiger partial charge in [-0.15, -0.1) is 0 Å². The van der Waals surface area contributed by atoms with Crippen molar-refractivity contribution in [2.24, 2.45) is 5.10 Å².